The van der Waals surface area contributed by atoms with Crippen molar-refractivity contribution in [1.82, 2.24) is 14.4 Å². The van der Waals surface area contributed by atoms with Crippen LogP contribution >= 0.6 is 0 Å². The van der Waals surface area contributed by atoms with Crippen LogP contribution in [-0.4, -0.2) is 25.3 Å². The highest BCUT2D eigenvalue weighted by atomic mass is 16.4. The molecule has 0 atom stereocenters. The Labute approximate surface area is 161 Å². The molecule has 5 rings (SSSR count). The highest BCUT2D eigenvalue weighted by molar-refractivity contribution is 6.04. The van der Waals surface area contributed by atoms with E-state index in [1.54, 1.807) is 12.4 Å². The number of oxime groups is 1. The minimum absolute atomic E-state index is 0.712. The highest BCUT2D eigenvalue weighted by Gasteiger charge is 2.20. The number of aryl methyl sites for hydroxylation is 1. The van der Waals surface area contributed by atoms with Gasteiger partial charge in [-0.2, -0.15) is 0 Å². The third kappa shape index (κ3) is 2.64. The summed E-state index contributed by atoms with van der Waals surface area (Å²) >= 11 is 0. The highest BCUT2D eigenvalue weighted by Crippen LogP contribution is 2.33. The average Bonchev–Trinajstić information content (AvgIpc) is 3.30. The first-order chi connectivity index (χ1) is 13.7. The number of benzene rings is 2. The Bertz CT molecular complexity index is 1210. The van der Waals surface area contributed by atoms with Gasteiger partial charge in [0, 0.05) is 34.9 Å². The topological polar surface area (TPSA) is 101 Å². The number of hydrogen-bond acceptors (Lipinski definition) is 6. The predicted octanol–water partition coefficient (Wildman–Crippen LogP) is 3.85. The van der Waals surface area contributed by atoms with Crippen molar-refractivity contribution in [1.29, 1.82) is 0 Å². The molecule has 7 heteroatoms. The van der Waals surface area contributed by atoms with Crippen molar-refractivity contribution in [3.63, 3.8) is 0 Å². The van der Waals surface area contributed by atoms with Crippen LogP contribution in [0.3, 0.4) is 0 Å². The quantitative estimate of drug-likeness (QED) is 0.289. The first kappa shape index (κ1) is 16.3. The predicted molar refractivity (Wildman–Crippen MR) is 109 cm³/mol. The van der Waals surface area contributed by atoms with Gasteiger partial charge < -0.3 is 16.3 Å². The number of nitrogens with one attached hydrogen (secondary N) is 1. The van der Waals surface area contributed by atoms with E-state index in [1.807, 2.05) is 47.0 Å². The largest absolute Gasteiger partial charge is 0.411 e. The molecule has 0 bridgehead atoms. The summed E-state index contributed by atoms with van der Waals surface area (Å²) in [5, 5.41) is 16.0. The van der Waals surface area contributed by atoms with Gasteiger partial charge in [-0.3, -0.25) is 9.38 Å². The molecule has 2 aromatic heterocycles. The number of hydrogen-bond donors (Lipinski definition) is 3. The summed E-state index contributed by atoms with van der Waals surface area (Å²) in [4.78, 5) is 8.93. The molecule has 2 aromatic carbocycles. The van der Waals surface area contributed by atoms with Gasteiger partial charge in [0.05, 0.1) is 11.9 Å². The summed E-state index contributed by atoms with van der Waals surface area (Å²) < 4.78 is 1.98. The zero-order valence-corrected chi connectivity index (χ0v) is 15.0. The maximum Gasteiger partial charge on any atom is 0.157 e. The molecule has 1 aliphatic rings. The minimum atomic E-state index is 0.712. The van der Waals surface area contributed by atoms with E-state index in [-0.39, 0.29) is 0 Å². The molecule has 0 radical (unpaired) electrons. The van der Waals surface area contributed by atoms with E-state index in [2.05, 4.69) is 21.5 Å². The fourth-order valence-corrected chi connectivity index (χ4v) is 3.66. The molecule has 0 saturated heterocycles. The van der Waals surface area contributed by atoms with Crippen molar-refractivity contribution >= 4 is 28.6 Å². The van der Waals surface area contributed by atoms with Gasteiger partial charge in [0.1, 0.15) is 11.5 Å². The molecule has 0 saturated carbocycles. The number of imidazole rings is 1. The summed E-state index contributed by atoms with van der Waals surface area (Å²) in [5.74, 6) is 0.858. The normalized spacial score (nSPS) is 14.5. The lowest BCUT2D eigenvalue weighted by Gasteiger charge is -2.10. The molecular formula is C21H18N6O. The Morgan fingerprint density at radius 2 is 1.96 bits per heavy atom. The van der Waals surface area contributed by atoms with Crippen LogP contribution in [0.5, 0.6) is 0 Å². The molecule has 7 nitrogen and oxygen atoms in total. The Balaban J connectivity index is 1.61. The van der Waals surface area contributed by atoms with Crippen LogP contribution in [0.25, 0.3) is 16.9 Å². The zero-order chi connectivity index (χ0) is 19.1. The van der Waals surface area contributed by atoms with Crippen LogP contribution in [-0.2, 0) is 6.42 Å². The van der Waals surface area contributed by atoms with Gasteiger partial charge >= 0.3 is 0 Å². The van der Waals surface area contributed by atoms with Gasteiger partial charge in [0.2, 0.25) is 0 Å². The molecule has 0 aliphatic heterocycles. The van der Waals surface area contributed by atoms with Crippen LogP contribution < -0.4 is 11.1 Å². The van der Waals surface area contributed by atoms with E-state index in [0.717, 1.165) is 52.5 Å². The van der Waals surface area contributed by atoms with Gasteiger partial charge in [0.25, 0.3) is 0 Å². The van der Waals surface area contributed by atoms with Crippen LogP contribution in [0.4, 0.5) is 17.2 Å². The van der Waals surface area contributed by atoms with Crippen molar-refractivity contribution in [3.05, 3.63) is 72.2 Å². The standard InChI is InChI=1S/C21H18N6O/c22-15-4-1-13(2-5-15)20-21(27-10-9-23-12-19(27)25-20)24-16-6-7-17-14(11-16)3-8-18(17)26-28/h1-2,4-7,9-12,24,28H,3,8,22H2/b26-18+. The molecule has 4 aromatic rings. The number of rotatable bonds is 3. The lowest BCUT2D eigenvalue weighted by Crippen LogP contribution is -1.99. The van der Waals surface area contributed by atoms with Crippen molar-refractivity contribution in [2.75, 3.05) is 11.1 Å². The monoisotopic (exact) mass is 370 g/mol. The van der Waals surface area contributed by atoms with Gasteiger partial charge in [-0.25, -0.2) is 4.98 Å². The Morgan fingerprint density at radius 3 is 2.79 bits per heavy atom. The molecule has 1 aliphatic carbocycles. The molecule has 0 fully saturated rings. The molecular weight excluding hydrogens is 352 g/mol. The maximum atomic E-state index is 9.14. The van der Waals surface area contributed by atoms with Crippen LogP contribution in [0.15, 0.2) is 66.2 Å². The van der Waals surface area contributed by atoms with E-state index < -0.39 is 0 Å². The number of aromatic nitrogens is 3. The van der Waals surface area contributed by atoms with Crippen LogP contribution in [0.1, 0.15) is 17.5 Å². The summed E-state index contributed by atoms with van der Waals surface area (Å²) in [6.45, 7) is 0. The van der Waals surface area contributed by atoms with E-state index in [1.165, 1.54) is 5.56 Å². The van der Waals surface area contributed by atoms with E-state index in [4.69, 9.17) is 15.9 Å². The molecule has 2 heterocycles. The molecule has 4 N–H and O–H groups in total. The molecule has 0 spiro atoms. The van der Waals surface area contributed by atoms with Crippen molar-refractivity contribution in [2.24, 2.45) is 5.16 Å². The molecule has 0 unspecified atom stereocenters. The SMILES string of the molecule is Nc1ccc(-c2nc3cnccn3c2Nc2ccc3c(c2)CC/C3=N\O)cc1. The fourth-order valence-electron chi connectivity index (χ4n) is 3.66. The van der Waals surface area contributed by atoms with E-state index in [0.29, 0.717) is 5.69 Å². The summed E-state index contributed by atoms with van der Waals surface area (Å²) in [5.41, 5.74) is 13.0. The number of nitrogen functional groups attached to an aromatic ring is 1. The third-order valence-corrected chi connectivity index (χ3v) is 5.05. The number of nitrogens with zero attached hydrogens (tertiary/aromatic N) is 4. The smallest absolute Gasteiger partial charge is 0.157 e. The second-order valence-corrected chi connectivity index (χ2v) is 6.78. The van der Waals surface area contributed by atoms with E-state index >= 15 is 0 Å². The zero-order valence-electron chi connectivity index (χ0n) is 15.0. The van der Waals surface area contributed by atoms with Crippen molar-refractivity contribution < 1.29 is 5.21 Å². The molecule has 138 valence electrons. The maximum absolute atomic E-state index is 9.14. The molecule has 28 heavy (non-hydrogen) atoms. The van der Waals surface area contributed by atoms with Gasteiger partial charge in [-0.05, 0) is 42.7 Å². The van der Waals surface area contributed by atoms with Crippen LogP contribution in [0.2, 0.25) is 0 Å². The second-order valence-electron chi connectivity index (χ2n) is 6.78. The first-order valence-electron chi connectivity index (χ1n) is 9.02. The number of anilines is 3. The number of nitrogens with two attached hydrogens (primary N) is 1. The average molecular weight is 370 g/mol. The lowest BCUT2D eigenvalue weighted by molar-refractivity contribution is 0.318. The Kier molecular flexibility index (Phi) is 3.72. The van der Waals surface area contributed by atoms with Gasteiger partial charge in [-0.1, -0.05) is 23.4 Å². The van der Waals surface area contributed by atoms with E-state index in [9.17, 15) is 0 Å². The summed E-state index contributed by atoms with van der Waals surface area (Å²) in [6, 6.07) is 13.7. The summed E-state index contributed by atoms with van der Waals surface area (Å²) in [7, 11) is 0. The van der Waals surface area contributed by atoms with Crippen molar-refractivity contribution in [3.8, 4) is 11.3 Å². The lowest BCUT2D eigenvalue weighted by atomic mass is 10.1. The van der Waals surface area contributed by atoms with Gasteiger partial charge in [0.15, 0.2) is 5.65 Å². The fraction of sp³-hybridized carbons (Fsp3) is 0.0952. The van der Waals surface area contributed by atoms with Crippen molar-refractivity contribution in [2.45, 2.75) is 12.8 Å². The third-order valence-electron chi connectivity index (χ3n) is 5.05. The molecule has 0 amide bonds. The summed E-state index contributed by atoms with van der Waals surface area (Å²) in [6.07, 6.45) is 6.98. The number of fused-ring (bicyclic) bond motifs is 2. The Hall–Kier alpha value is -3.87. The second kappa shape index (κ2) is 6.38. The first-order valence-corrected chi connectivity index (χ1v) is 9.02. The Morgan fingerprint density at radius 1 is 1.11 bits per heavy atom. The van der Waals surface area contributed by atoms with Crippen LogP contribution in [0, 0.1) is 0 Å². The minimum Gasteiger partial charge on any atom is -0.411 e. The van der Waals surface area contributed by atoms with Gasteiger partial charge in [-0.15, -0.1) is 0 Å².